The molecule has 0 spiro atoms. The number of benzene rings is 1. The molecule has 0 aliphatic rings. The smallest absolute Gasteiger partial charge is 0.126 e. The van der Waals surface area contributed by atoms with E-state index >= 15 is 0 Å². The molecule has 0 unspecified atom stereocenters. The zero-order valence-corrected chi connectivity index (χ0v) is 10.0. The Morgan fingerprint density at radius 2 is 2.06 bits per heavy atom. The largest absolute Gasteiger partial charge is 0.508 e. The van der Waals surface area contributed by atoms with Crippen LogP contribution in [0.3, 0.4) is 0 Å². The molecule has 1 N–H and O–H groups in total. The monoisotopic (exact) mass is 242 g/mol. The van der Waals surface area contributed by atoms with Gasteiger partial charge in [0, 0.05) is 5.56 Å². The third-order valence-electron chi connectivity index (χ3n) is 2.53. The summed E-state index contributed by atoms with van der Waals surface area (Å²) in [6.45, 7) is 1.88. The fourth-order valence-corrected chi connectivity index (χ4v) is 2.67. The molecule has 0 aliphatic carbocycles. The van der Waals surface area contributed by atoms with Gasteiger partial charge in [-0.1, -0.05) is 12.1 Å². The highest BCUT2D eigenvalue weighted by Gasteiger charge is 2.09. The molecule has 0 fully saturated rings. The van der Waals surface area contributed by atoms with Gasteiger partial charge in [0.15, 0.2) is 0 Å². The van der Waals surface area contributed by atoms with E-state index < -0.39 is 0 Å². The van der Waals surface area contributed by atoms with Gasteiger partial charge in [0.1, 0.15) is 11.6 Å². The van der Waals surface area contributed by atoms with Gasteiger partial charge >= 0.3 is 0 Å². The number of aromatic hydroxyl groups is 1. The maximum atomic E-state index is 9.53. The van der Waals surface area contributed by atoms with Gasteiger partial charge in [-0.3, -0.25) is 0 Å². The van der Waals surface area contributed by atoms with Crippen LogP contribution in [0, 0.1) is 6.92 Å². The predicted octanol–water partition coefficient (Wildman–Crippen LogP) is 3.37. The molecular weight excluding hydrogens is 232 g/mol. The molecule has 0 radical (unpaired) electrons. The maximum Gasteiger partial charge on any atom is 0.126 e. The van der Waals surface area contributed by atoms with Crippen LogP contribution < -0.4 is 0 Å². The van der Waals surface area contributed by atoms with E-state index in [2.05, 4.69) is 9.97 Å². The molecule has 3 nitrogen and oxygen atoms in total. The molecule has 3 rings (SSSR count). The molecule has 1 aromatic carbocycles. The van der Waals surface area contributed by atoms with E-state index in [1.807, 2.05) is 30.5 Å². The summed E-state index contributed by atoms with van der Waals surface area (Å²) < 4.78 is 1.06. The molecule has 0 aliphatic heterocycles. The summed E-state index contributed by atoms with van der Waals surface area (Å²) in [5.74, 6) is 0.998. The molecule has 2 aromatic heterocycles. The number of rotatable bonds is 1. The second-order valence-corrected chi connectivity index (χ2v) is 4.72. The van der Waals surface area contributed by atoms with Gasteiger partial charge in [0.25, 0.3) is 0 Å². The van der Waals surface area contributed by atoms with Crippen molar-refractivity contribution in [1.29, 1.82) is 0 Å². The van der Waals surface area contributed by atoms with Crippen LogP contribution in [-0.2, 0) is 0 Å². The van der Waals surface area contributed by atoms with Crippen molar-refractivity contribution in [2.24, 2.45) is 0 Å². The van der Waals surface area contributed by atoms with Crippen LogP contribution >= 0.6 is 11.3 Å². The number of nitrogens with zero attached hydrogens (tertiary/aromatic N) is 2. The normalized spacial score (nSPS) is 10.9. The molecule has 0 saturated carbocycles. The summed E-state index contributed by atoms with van der Waals surface area (Å²) in [5.41, 5.74) is 2.77. The summed E-state index contributed by atoms with van der Waals surface area (Å²) in [7, 11) is 0. The van der Waals surface area contributed by atoms with Crippen molar-refractivity contribution in [3.05, 3.63) is 41.5 Å². The Balaban J connectivity index is 2.32. The van der Waals surface area contributed by atoms with Crippen molar-refractivity contribution in [3.8, 4) is 17.0 Å². The summed E-state index contributed by atoms with van der Waals surface area (Å²) in [6.07, 6.45) is 0. The SMILES string of the molecule is Cc1nc(-c2cccc(O)c2)c2sccc2n1. The van der Waals surface area contributed by atoms with Crippen LogP contribution in [-0.4, -0.2) is 15.1 Å². The highest BCUT2D eigenvalue weighted by atomic mass is 32.1. The lowest BCUT2D eigenvalue weighted by molar-refractivity contribution is 0.475. The van der Waals surface area contributed by atoms with E-state index in [1.165, 1.54) is 0 Å². The van der Waals surface area contributed by atoms with E-state index in [-0.39, 0.29) is 5.75 Å². The minimum atomic E-state index is 0.253. The predicted molar refractivity (Wildman–Crippen MR) is 69.3 cm³/mol. The van der Waals surface area contributed by atoms with Crippen LogP contribution in [0.5, 0.6) is 5.75 Å². The molecule has 0 atom stereocenters. The Morgan fingerprint density at radius 3 is 2.88 bits per heavy atom. The lowest BCUT2D eigenvalue weighted by Gasteiger charge is -2.04. The molecular formula is C13H10N2OS. The standard InChI is InChI=1S/C13H10N2OS/c1-8-14-11-5-6-17-13(11)12(15-8)9-3-2-4-10(16)7-9/h2-7,16H,1H3. The maximum absolute atomic E-state index is 9.53. The second-order valence-electron chi connectivity index (χ2n) is 3.80. The van der Waals surface area contributed by atoms with Gasteiger partial charge in [-0.2, -0.15) is 0 Å². The molecule has 84 valence electrons. The first-order chi connectivity index (χ1) is 8.24. The molecule has 0 bridgehead atoms. The summed E-state index contributed by atoms with van der Waals surface area (Å²) >= 11 is 1.62. The van der Waals surface area contributed by atoms with Crippen LogP contribution in [0.1, 0.15) is 5.82 Å². The molecule has 3 aromatic rings. The quantitative estimate of drug-likeness (QED) is 0.711. The fraction of sp³-hybridized carbons (Fsp3) is 0.0769. The Hall–Kier alpha value is -1.94. The number of fused-ring (bicyclic) bond motifs is 1. The van der Waals surface area contributed by atoms with E-state index in [9.17, 15) is 5.11 Å². The zero-order valence-electron chi connectivity index (χ0n) is 9.21. The third-order valence-corrected chi connectivity index (χ3v) is 3.45. The highest BCUT2D eigenvalue weighted by Crippen LogP contribution is 2.31. The number of phenols is 1. The van der Waals surface area contributed by atoms with Crippen molar-refractivity contribution in [2.75, 3.05) is 0 Å². The first kappa shape index (κ1) is 10.2. The summed E-state index contributed by atoms with van der Waals surface area (Å²) in [6, 6.07) is 9.13. The first-order valence-electron chi connectivity index (χ1n) is 5.25. The minimum Gasteiger partial charge on any atom is -0.508 e. The number of aryl methyl sites for hydroxylation is 1. The Bertz CT molecular complexity index is 691. The molecule has 0 saturated heterocycles. The number of hydrogen-bond acceptors (Lipinski definition) is 4. The number of thiophene rings is 1. The van der Waals surface area contributed by atoms with Gasteiger partial charge < -0.3 is 5.11 Å². The fourth-order valence-electron chi connectivity index (χ4n) is 1.83. The van der Waals surface area contributed by atoms with E-state index in [0.29, 0.717) is 0 Å². The number of aromatic nitrogens is 2. The average Bonchev–Trinajstić information content (AvgIpc) is 2.75. The van der Waals surface area contributed by atoms with E-state index in [4.69, 9.17) is 0 Å². The Labute approximate surface area is 102 Å². The first-order valence-corrected chi connectivity index (χ1v) is 6.13. The Morgan fingerprint density at radius 1 is 1.18 bits per heavy atom. The van der Waals surface area contributed by atoms with Crippen LogP contribution in [0.2, 0.25) is 0 Å². The van der Waals surface area contributed by atoms with Crippen LogP contribution in [0.4, 0.5) is 0 Å². The molecule has 17 heavy (non-hydrogen) atoms. The number of phenolic OH excluding ortho intramolecular Hbond substituents is 1. The second kappa shape index (κ2) is 3.82. The summed E-state index contributed by atoms with van der Waals surface area (Å²) in [5, 5.41) is 11.5. The van der Waals surface area contributed by atoms with Gasteiger partial charge in [-0.05, 0) is 30.5 Å². The third kappa shape index (κ3) is 1.76. The highest BCUT2D eigenvalue weighted by molar-refractivity contribution is 7.17. The van der Waals surface area contributed by atoms with Gasteiger partial charge in [0.2, 0.25) is 0 Å². The number of hydrogen-bond donors (Lipinski definition) is 1. The van der Waals surface area contributed by atoms with Crippen molar-refractivity contribution in [1.82, 2.24) is 9.97 Å². The van der Waals surface area contributed by atoms with Gasteiger partial charge in [-0.25, -0.2) is 9.97 Å². The van der Waals surface area contributed by atoms with E-state index in [0.717, 1.165) is 27.3 Å². The van der Waals surface area contributed by atoms with Crippen molar-refractivity contribution < 1.29 is 5.11 Å². The van der Waals surface area contributed by atoms with E-state index in [1.54, 1.807) is 23.5 Å². The molecule has 0 amide bonds. The zero-order chi connectivity index (χ0) is 11.8. The lowest BCUT2D eigenvalue weighted by Crippen LogP contribution is -1.91. The van der Waals surface area contributed by atoms with Crippen molar-refractivity contribution >= 4 is 21.6 Å². The van der Waals surface area contributed by atoms with Crippen molar-refractivity contribution in [2.45, 2.75) is 6.92 Å². The summed E-state index contributed by atoms with van der Waals surface area (Å²) in [4.78, 5) is 8.85. The average molecular weight is 242 g/mol. The van der Waals surface area contributed by atoms with Gasteiger partial charge in [-0.15, -0.1) is 11.3 Å². The molecule has 4 heteroatoms. The van der Waals surface area contributed by atoms with Crippen LogP contribution in [0.15, 0.2) is 35.7 Å². The minimum absolute atomic E-state index is 0.253. The Kier molecular flexibility index (Phi) is 2.30. The van der Waals surface area contributed by atoms with Crippen LogP contribution in [0.25, 0.3) is 21.5 Å². The van der Waals surface area contributed by atoms with Gasteiger partial charge in [0.05, 0.1) is 15.9 Å². The lowest BCUT2D eigenvalue weighted by atomic mass is 10.1. The topological polar surface area (TPSA) is 46.0 Å². The van der Waals surface area contributed by atoms with Crippen molar-refractivity contribution in [3.63, 3.8) is 0 Å². The molecule has 2 heterocycles.